The molecule has 0 aliphatic rings. The largest absolute Gasteiger partial charge is 0.475 e. The van der Waals surface area contributed by atoms with E-state index in [-0.39, 0.29) is 11.5 Å². The predicted octanol–water partition coefficient (Wildman–Crippen LogP) is 3.47. The quantitative estimate of drug-likeness (QED) is 0.383. The maximum Gasteiger partial charge on any atom is 0.377 e. The summed E-state index contributed by atoms with van der Waals surface area (Å²) >= 11 is 0. The van der Waals surface area contributed by atoms with Crippen LogP contribution in [0.25, 0.3) is 10.8 Å². The van der Waals surface area contributed by atoms with Crippen molar-refractivity contribution in [3.8, 4) is 0 Å². The van der Waals surface area contributed by atoms with Gasteiger partial charge in [0.1, 0.15) is 0 Å². The summed E-state index contributed by atoms with van der Waals surface area (Å²) in [5.74, 6) is -2.48. The van der Waals surface area contributed by atoms with E-state index in [0.29, 0.717) is 12.1 Å². The lowest BCUT2D eigenvalue weighted by atomic mass is 10.0. The van der Waals surface area contributed by atoms with Crippen molar-refractivity contribution in [2.45, 2.75) is 12.8 Å². The van der Waals surface area contributed by atoms with Crippen LogP contribution in [-0.4, -0.2) is 29.3 Å². The number of carbonyl (C=O) groups excluding carboxylic acids is 2. The zero-order valence-corrected chi connectivity index (χ0v) is 14.6. The Bertz CT molecular complexity index is 993. The molecule has 2 N–H and O–H groups in total. The lowest BCUT2D eigenvalue weighted by molar-refractivity contribution is -0.131. The van der Waals surface area contributed by atoms with E-state index in [2.05, 4.69) is 5.32 Å². The number of rotatable bonds is 7. The number of aliphatic carboxylic acids is 1. The van der Waals surface area contributed by atoms with Crippen LogP contribution >= 0.6 is 0 Å². The summed E-state index contributed by atoms with van der Waals surface area (Å²) in [7, 11) is 0. The Kier molecular flexibility index (Phi) is 5.61. The summed E-state index contributed by atoms with van der Waals surface area (Å²) in [5, 5.41) is 13.7. The second-order valence-electron chi connectivity index (χ2n) is 6.25. The molecule has 0 spiro atoms. The molecule has 0 bridgehead atoms. The van der Waals surface area contributed by atoms with Gasteiger partial charge >= 0.3 is 5.97 Å². The fourth-order valence-corrected chi connectivity index (χ4v) is 2.87. The molecule has 0 aliphatic heterocycles. The Morgan fingerprint density at radius 2 is 1.48 bits per heavy atom. The molecule has 0 saturated carbocycles. The summed E-state index contributed by atoms with van der Waals surface area (Å²) in [6.07, 6.45) is 1.46. The van der Waals surface area contributed by atoms with Crippen LogP contribution in [0.5, 0.6) is 0 Å². The molecule has 0 aliphatic carbocycles. The number of aryl methyl sites for hydroxylation is 1. The highest BCUT2D eigenvalue weighted by molar-refractivity contribution is 6.39. The molecule has 5 nitrogen and oxygen atoms in total. The van der Waals surface area contributed by atoms with E-state index in [0.717, 1.165) is 29.2 Å². The number of hydrogen-bond acceptors (Lipinski definition) is 3. The van der Waals surface area contributed by atoms with Crippen LogP contribution in [0.3, 0.4) is 0 Å². The van der Waals surface area contributed by atoms with E-state index < -0.39 is 11.8 Å². The van der Waals surface area contributed by atoms with Gasteiger partial charge in [-0.25, -0.2) is 4.79 Å². The highest BCUT2D eigenvalue weighted by Gasteiger charge is 2.13. The molecule has 0 unspecified atom stereocenters. The molecule has 5 heteroatoms. The van der Waals surface area contributed by atoms with Gasteiger partial charge in [-0.15, -0.1) is 0 Å². The van der Waals surface area contributed by atoms with Gasteiger partial charge in [-0.2, -0.15) is 0 Å². The summed E-state index contributed by atoms with van der Waals surface area (Å²) in [4.78, 5) is 34.3. The van der Waals surface area contributed by atoms with Crippen LogP contribution in [-0.2, 0) is 11.2 Å². The van der Waals surface area contributed by atoms with Crippen LogP contribution in [0.4, 0.5) is 0 Å². The molecule has 3 aromatic carbocycles. The first kappa shape index (κ1) is 18.3. The molecule has 27 heavy (non-hydrogen) atoms. The van der Waals surface area contributed by atoms with Crippen LogP contribution in [0.2, 0.25) is 0 Å². The van der Waals surface area contributed by atoms with Gasteiger partial charge in [0.25, 0.3) is 11.7 Å². The Labute approximate surface area is 156 Å². The van der Waals surface area contributed by atoms with Gasteiger partial charge in [-0.05, 0) is 41.3 Å². The van der Waals surface area contributed by atoms with Gasteiger partial charge in [0, 0.05) is 17.7 Å². The Morgan fingerprint density at radius 1 is 0.815 bits per heavy atom. The number of amides is 1. The van der Waals surface area contributed by atoms with Gasteiger partial charge in [-0.3, -0.25) is 9.59 Å². The molecule has 0 aromatic heterocycles. The molecule has 0 fully saturated rings. The van der Waals surface area contributed by atoms with E-state index in [1.54, 1.807) is 12.1 Å². The number of fused-ring (bicyclic) bond motifs is 1. The summed E-state index contributed by atoms with van der Waals surface area (Å²) in [6.45, 7) is 0.529. The number of carbonyl (C=O) groups is 3. The number of carboxylic acids is 1. The Balaban J connectivity index is 1.50. The molecule has 3 rings (SSSR count). The van der Waals surface area contributed by atoms with Crippen molar-refractivity contribution < 1.29 is 19.5 Å². The fourth-order valence-electron chi connectivity index (χ4n) is 2.87. The molecule has 0 heterocycles. The maximum atomic E-state index is 12.3. The highest BCUT2D eigenvalue weighted by Crippen LogP contribution is 2.15. The molecule has 0 radical (unpaired) electrons. The minimum absolute atomic E-state index is 0.108. The summed E-state index contributed by atoms with van der Waals surface area (Å²) < 4.78 is 0. The fraction of sp³-hybridized carbons (Fsp3) is 0.136. The van der Waals surface area contributed by atoms with Gasteiger partial charge in [0.2, 0.25) is 0 Å². The number of Topliss-reactive ketones (excluding diaryl/α,β-unsaturated/α-hetero) is 1. The number of hydrogen-bond donors (Lipinski definition) is 2. The first-order valence-electron chi connectivity index (χ1n) is 8.68. The number of benzene rings is 3. The maximum absolute atomic E-state index is 12.3. The van der Waals surface area contributed by atoms with Crippen LogP contribution in [0.1, 0.15) is 32.7 Å². The topological polar surface area (TPSA) is 83.5 Å². The van der Waals surface area contributed by atoms with Gasteiger partial charge in [0.05, 0.1) is 0 Å². The van der Waals surface area contributed by atoms with E-state index >= 15 is 0 Å². The minimum Gasteiger partial charge on any atom is -0.475 e. The molecule has 136 valence electrons. The van der Waals surface area contributed by atoms with E-state index in [9.17, 15) is 14.4 Å². The second kappa shape index (κ2) is 8.27. The van der Waals surface area contributed by atoms with Gasteiger partial charge in [0.15, 0.2) is 0 Å². The van der Waals surface area contributed by atoms with Gasteiger partial charge < -0.3 is 10.4 Å². The molecular weight excluding hydrogens is 342 g/mol. The third kappa shape index (κ3) is 4.58. The zero-order valence-electron chi connectivity index (χ0n) is 14.6. The molecule has 1 amide bonds. The summed E-state index contributed by atoms with van der Waals surface area (Å²) in [6, 6.07) is 20.0. The van der Waals surface area contributed by atoms with Gasteiger partial charge in [-0.1, -0.05) is 54.6 Å². The SMILES string of the molecule is O=C(O)C(=O)c1ccc(CCCNC(=O)c2ccc3ccccc3c2)cc1. The predicted molar refractivity (Wildman–Crippen MR) is 103 cm³/mol. The smallest absolute Gasteiger partial charge is 0.377 e. The number of ketones is 1. The first-order valence-corrected chi connectivity index (χ1v) is 8.68. The lowest BCUT2D eigenvalue weighted by Gasteiger charge is -2.07. The minimum atomic E-state index is -1.46. The van der Waals surface area contributed by atoms with E-state index in [1.165, 1.54) is 12.1 Å². The second-order valence-corrected chi connectivity index (χ2v) is 6.25. The van der Waals surface area contributed by atoms with Crippen molar-refractivity contribution in [3.63, 3.8) is 0 Å². The third-order valence-corrected chi connectivity index (χ3v) is 4.35. The average molecular weight is 361 g/mol. The van der Waals surface area contributed by atoms with Crippen molar-refractivity contribution in [3.05, 3.63) is 83.4 Å². The lowest BCUT2D eigenvalue weighted by Crippen LogP contribution is -2.24. The molecule has 3 aromatic rings. The Hall–Kier alpha value is -3.47. The van der Waals surface area contributed by atoms with Crippen molar-refractivity contribution in [1.29, 1.82) is 0 Å². The van der Waals surface area contributed by atoms with Crippen molar-refractivity contribution in [2.75, 3.05) is 6.54 Å². The normalized spacial score (nSPS) is 10.5. The molecule has 0 atom stereocenters. The number of carboxylic acid groups (broad SMARTS) is 1. The molecular formula is C22H19NO4. The van der Waals surface area contributed by atoms with E-state index in [4.69, 9.17) is 5.11 Å². The third-order valence-electron chi connectivity index (χ3n) is 4.35. The van der Waals surface area contributed by atoms with Crippen molar-refractivity contribution in [2.24, 2.45) is 0 Å². The zero-order chi connectivity index (χ0) is 19.2. The van der Waals surface area contributed by atoms with Crippen LogP contribution < -0.4 is 5.32 Å². The van der Waals surface area contributed by atoms with Crippen molar-refractivity contribution >= 4 is 28.4 Å². The van der Waals surface area contributed by atoms with Crippen LogP contribution in [0, 0.1) is 0 Å². The first-order chi connectivity index (χ1) is 13.0. The monoisotopic (exact) mass is 361 g/mol. The van der Waals surface area contributed by atoms with Crippen LogP contribution in [0.15, 0.2) is 66.7 Å². The van der Waals surface area contributed by atoms with Crippen molar-refractivity contribution in [1.82, 2.24) is 5.32 Å². The van der Waals surface area contributed by atoms with E-state index in [1.807, 2.05) is 42.5 Å². The number of nitrogens with one attached hydrogen (secondary N) is 1. The summed E-state index contributed by atoms with van der Waals surface area (Å²) in [5.41, 5.74) is 1.78. The Morgan fingerprint density at radius 3 is 2.19 bits per heavy atom. The molecule has 0 saturated heterocycles. The standard InChI is InChI=1S/C22H19NO4/c24-20(22(26)27)17-9-7-15(8-10-17)4-3-13-23-21(25)19-12-11-16-5-1-2-6-18(16)14-19/h1-2,5-12,14H,3-4,13H2,(H,23,25)(H,26,27). The average Bonchev–Trinajstić information content (AvgIpc) is 2.70. The highest BCUT2D eigenvalue weighted by atomic mass is 16.4.